The van der Waals surface area contributed by atoms with Gasteiger partial charge in [-0.25, -0.2) is 18.4 Å². The van der Waals surface area contributed by atoms with Crippen LogP contribution in [-0.4, -0.2) is 73.3 Å². The van der Waals surface area contributed by atoms with Crippen LogP contribution in [0, 0.1) is 5.92 Å². The second kappa shape index (κ2) is 10.2. The number of aromatic nitrogens is 3. The van der Waals surface area contributed by atoms with Gasteiger partial charge in [-0.1, -0.05) is 19.9 Å². The Morgan fingerprint density at radius 1 is 1.13 bits per heavy atom. The Morgan fingerprint density at radius 3 is 2.74 bits per heavy atom. The highest BCUT2D eigenvalue weighted by molar-refractivity contribution is 7.90. The summed E-state index contributed by atoms with van der Waals surface area (Å²) >= 11 is 0. The second-order valence-electron chi connectivity index (χ2n) is 11.7. The fourth-order valence-corrected chi connectivity index (χ4v) is 7.03. The fraction of sp³-hybridized carbons (Fsp3) is 0.552. The first-order valence-corrected chi connectivity index (χ1v) is 16.1. The highest BCUT2D eigenvalue weighted by atomic mass is 32.2. The van der Waals surface area contributed by atoms with E-state index in [4.69, 9.17) is 14.7 Å². The van der Waals surface area contributed by atoms with Crippen molar-refractivity contribution in [1.29, 1.82) is 0 Å². The third-order valence-electron chi connectivity index (χ3n) is 8.66. The summed E-state index contributed by atoms with van der Waals surface area (Å²) in [5.74, 6) is 3.18. The van der Waals surface area contributed by atoms with E-state index in [9.17, 15) is 8.42 Å². The Kier molecular flexibility index (Phi) is 6.87. The minimum absolute atomic E-state index is 0.247. The van der Waals surface area contributed by atoms with Crippen LogP contribution in [0.1, 0.15) is 51.5 Å². The molecule has 3 aliphatic rings. The fourth-order valence-electron chi connectivity index (χ4n) is 6.29. The number of rotatable bonds is 8. The maximum Gasteiger partial charge on any atom is 0.227 e. The average Bonchev–Trinajstić information content (AvgIpc) is 3.27. The summed E-state index contributed by atoms with van der Waals surface area (Å²) in [6.07, 6.45) is 8.22. The molecule has 4 atom stereocenters. The molecule has 3 saturated heterocycles. The van der Waals surface area contributed by atoms with E-state index in [0.717, 1.165) is 61.2 Å². The lowest BCUT2D eigenvalue weighted by Crippen LogP contribution is -2.55. The molecule has 3 aromatic rings. The maximum atomic E-state index is 11.7. The number of sulfone groups is 1. The van der Waals surface area contributed by atoms with Crippen molar-refractivity contribution in [2.75, 3.05) is 46.8 Å². The molecule has 10 heteroatoms. The summed E-state index contributed by atoms with van der Waals surface area (Å²) in [6, 6.07) is 9.05. The monoisotopic (exact) mass is 550 g/mol. The predicted octanol–water partition coefficient (Wildman–Crippen LogP) is 4.52. The van der Waals surface area contributed by atoms with Gasteiger partial charge in [0.15, 0.2) is 0 Å². The smallest absolute Gasteiger partial charge is 0.227 e. The highest BCUT2D eigenvalue weighted by Gasteiger charge is 2.37. The molecule has 1 aromatic carbocycles. The molecule has 2 aromatic heterocycles. The maximum absolute atomic E-state index is 11.7. The van der Waals surface area contributed by atoms with E-state index in [-0.39, 0.29) is 11.8 Å². The molecular formula is C29H38N6O3S. The van der Waals surface area contributed by atoms with Crippen molar-refractivity contribution < 1.29 is 13.2 Å². The highest BCUT2D eigenvalue weighted by Crippen LogP contribution is 2.40. The summed E-state index contributed by atoms with van der Waals surface area (Å²) in [6.45, 7) is 9.13. The van der Waals surface area contributed by atoms with E-state index in [1.54, 1.807) is 6.20 Å². The summed E-state index contributed by atoms with van der Waals surface area (Å²) in [5.41, 5.74) is 2.43. The van der Waals surface area contributed by atoms with Crippen LogP contribution in [-0.2, 0) is 14.6 Å². The van der Waals surface area contributed by atoms with Gasteiger partial charge in [0.05, 0.1) is 24.5 Å². The number of nitrogens with one attached hydrogen (secondary N) is 1. The third-order valence-corrected chi connectivity index (χ3v) is 9.63. The second-order valence-corrected chi connectivity index (χ2v) is 14.0. The Morgan fingerprint density at radius 2 is 1.97 bits per heavy atom. The topological polar surface area (TPSA) is 101 Å². The molecule has 3 fully saturated rings. The zero-order valence-electron chi connectivity index (χ0n) is 23.2. The Balaban J connectivity index is 1.25. The van der Waals surface area contributed by atoms with Crippen LogP contribution >= 0.6 is 0 Å². The number of piperidine rings is 1. The van der Waals surface area contributed by atoms with Crippen LogP contribution in [0.5, 0.6) is 0 Å². The molecule has 39 heavy (non-hydrogen) atoms. The molecule has 2 bridgehead atoms. The number of fused-ring (bicyclic) bond motifs is 3. The van der Waals surface area contributed by atoms with E-state index in [1.807, 2.05) is 12.3 Å². The third kappa shape index (κ3) is 5.28. The van der Waals surface area contributed by atoms with Crippen LogP contribution in [0.2, 0.25) is 0 Å². The van der Waals surface area contributed by atoms with Crippen molar-refractivity contribution in [2.24, 2.45) is 5.92 Å². The molecule has 0 aliphatic carbocycles. The summed E-state index contributed by atoms with van der Waals surface area (Å²) < 4.78 is 29.2. The quantitative estimate of drug-likeness (QED) is 0.434. The number of anilines is 4. The van der Waals surface area contributed by atoms with Crippen molar-refractivity contribution >= 4 is 43.9 Å². The Hall–Kier alpha value is -2.98. The Bertz CT molecular complexity index is 1480. The number of nitrogens with zero attached hydrogens (tertiary/aromatic N) is 5. The number of pyridine rings is 1. The molecular weight excluding hydrogens is 512 g/mol. The van der Waals surface area contributed by atoms with Crippen molar-refractivity contribution in [3.8, 4) is 0 Å². The van der Waals surface area contributed by atoms with Gasteiger partial charge in [0.1, 0.15) is 21.5 Å². The SMILES string of the molecule is CC(C)c1ccc(N2C[C@H](CCS(C)(=O)=O)[C@H]2C)c2cnc(Nc3ccnc(N4CC[C@@H]5C[C@H]4CO5)n3)cc12. The lowest BCUT2D eigenvalue weighted by Gasteiger charge is -2.48. The molecule has 0 saturated carbocycles. The zero-order valence-corrected chi connectivity index (χ0v) is 24.0. The molecule has 6 rings (SSSR count). The normalized spacial score (nSPS) is 24.8. The van der Waals surface area contributed by atoms with Gasteiger partial charge in [0.25, 0.3) is 0 Å². The molecule has 0 amide bonds. The number of hydrogen-bond donors (Lipinski definition) is 1. The molecule has 1 N–H and O–H groups in total. The molecule has 0 radical (unpaired) electrons. The van der Waals surface area contributed by atoms with E-state index < -0.39 is 9.84 Å². The van der Waals surface area contributed by atoms with Gasteiger partial charge in [-0.05, 0) is 67.2 Å². The summed E-state index contributed by atoms with van der Waals surface area (Å²) in [7, 11) is -2.95. The first-order chi connectivity index (χ1) is 18.7. The van der Waals surface area contributed by atoms with Crippen LogP contribution in [0.25, 0.3) is 10.8 Å². The first kappa shape index (κ1) is 26.3. The van der Waals surface area contributed by atoms with Gasteiger partial charge in [0.2, 0.25) is 5.95 Å². The van der Waals surface area contributed by atoms with E-state index in [0.29, 0.717) is 30.4 Å². The van der Waals surface area contributed by atoms with Gasteiger partial charge in [0, 0.05) is 48.9 Å². The van der Waals surface area contributed by atoms with E-state index in [1.165, 1.54) is 17.2 Å². The lowest BCUT2D eigenvalue weighted by atomic mass is 9.85. The summed E-state index contributed by atoms with van der Waals surface area (Å²) in [4.78, 5) is 18.8. The van der Waals surface area contributed by atoms with Crippen molar-refractivity contribution in [3.63, 3.8) is 0 Å². The molecule has 5 heterocycles. The largest absolute Gasteiger partial charge is 0.376 e. The molecule has 0 spiro atoms. The predicted molar refractivity (Wildman–Crippen MR) is 156 cm³/mol. The molecule has 3 aliphatic heterocycles. The van der Waals surface area contributed by atoms with Crippen LogP contribution in [0.15, 0.2) is 36.7 Å². The number of hydrogen-bond acceptors (Lipinski definition) is 9. The minimum atomic E-state index is -2.95. The average molecular weight is 551 g/mol. The van der Waals surface area contributed by atoms with Crippen LogP contribution in [0.3, 0.4) is 0 Å². The summed E-state index contributed by atoms with van der Waals surface area (Å²) in [5, 5.41) is 5.71. The van der Waals surface area contributed by atoms with Gasteiger partial charge in [-0.2, -0.15) is 4.98 Å². The van der Waals surface area contributed by atoms with E-state index in [2.05, 4.69) is 59.1 Å². The van der Waals surface area contributed by atoms with E-state index >= 15 is 0 Å². The van der Waals surface area contributed by atoms with Crippen LogP contribution in [0.4, 0.5) is 23.3 Å². The first-order valence-electron chi connectivity index (χ1n) is 14.0. The number of ether oxygens (including phenoxy) is 1. The van der Waals surface area contributed by atoms with Gasteiger partial charge in [-0.15, -0.1) is 0 Å². The molecule has 0 unspecified atom stereocenters. The van der Waals surface area contributed by atoms with Crippen molar-refractivity contribution in [1.82, 2.24) is 15.0 Å². The van der Waals surface area contributed by atoms with Gasteiger partial charge < -0.3 is 19.9 Å². The van der Waals surface area contributed by atoms with Gasteiger partial charge >= 0.3 is 0 Å². The molecule has 208 valence electrons. The minimum Gasteiger partial charge on any atom is -0.376 e. The molecule has 9 nitrogen and oxygen atoms in total. The van der Waals surface area contributed by atoms with Crippen LogP contribution < -0.4 is 15.1 Å². The zero-order chi connectivity index (χ0) is 27.3. The van der Waals surface area contributed by atoms with Gasteiger partial charge in [-0.3, -0.25) is 0 Å². The lowest BCUT2D eigenvalue weighted by molar-refractivity contribution is 0.111. The van der Waals surface area contributed by atoms with Crippen molar-refractivity contribution in [2.45, 2.75) is 64.1 Å². The Labute approximate surface area is 230 Å². The number of benzene rings is 1. The standard InChI is InChI=1S/C29H38N6O3S/c1-18(2)23-5-6-26(35-16-20(19(35)3)9-12-39(4,36)37)25-15-31-28(14-24(23)25)32-27-7-10-30-29(33-27)34-11-8-22-13-21(34)17-38-22/h5-7,10,14-15,18-22H,8-9,11-13,16-17H2,1-4H3,(H,30,31,32,33)/t19-,20+,21+,22-/m1/s1. The van der Waals surface area contributed by atoms with Crippen molar-refractivity contribution in [3.05, 3.63) is 42.2 Å².